The van der Waals surface area contributed by atoms with Crippen LogP contribution in [0.25, 0.3) is 0 Å². The fourth-order valence-electron chi connectivity index (χ4n) is 4.20. The minimum Gasteiger partial charge on any atom is -0.378 e. The predicted octanol–water partition coefficient (Wildman–Crippen LogP) is 1.82. The number of carbonyl (C=O) groups excluding carboxylic acids is 1. The summed E-state index contributed by atoms with van der Waals surface area (Å²) in [6.07, 6.45) is 1.83. The highest BCUT2D eigenvalue weighted by Gasteiger charge is 2.39. The molecule has 3 fully saturated rings. The van der Waals surface area contributed by atoms with Crippen LogP contribution in [0.15, 0.2) is 24.3 Å². The lowest BCUT2D eigenvalue weighted by molar-refractivity contribution is -0.0702. The molecule has 1 aromatic carbocycles. The summed E-state index contributed by atoms with van der Waals surface area (Å²) in [7, 11) is 2.16. The maximum atomic E-state index is 12.9. The first-order valence-corrected chi connectivity index (χ1v) is 8.99. The van der Waals surface area contributed by atoms with E-state index in [0.29, 0.717) is 17.9 Å². The lowest BCUT2D eigenvalue weighted by Crippen LogP contribution is -2.55. The number of nitrogens with zero attached hydrogens (tertiary/aromatic N) is 2. The molecule has 2 unspecified atom stereocenters. The zero-order chi connectivity index (χ0) is 16.5. The highest BCUT2D eigenvalue weighted by Crippen LogP contribution is 2.32. The first kappa shape index (κ1) is 16.1. The van der Waals surface area contributed by atoms with Crippen LogP contribution in [0, 0.1) is 5.92 Å². The molecule has 4 rings (SSSR count). The van der Waals surface area contributed by atoms with Crippen LogP contribution in [-0.2, 0) is 9.47 Å². The van der Waals surface area contributed by atoms with Crippen molar-refractivity contribution in [3.05, 3.63) is 29.8 Å². The van der Waals surface area contributed by atoms with Crippen LogP contribution >= 0.6 is 0 Å². The Morgan fingerprint density at radius 1 is 1.00 bits per heavy atom. The molecule has 0 spiro atoms. The fraction of sp³-hybridized carbons (Fsp3) is 0.632. The summed E-state index contributed by atoms with van der Waals surface area (Å²) in [6, 6.07) is 8.93. The molecular weight excluding hydrogens is 304 g/mol. The largest absolute Gasteiger partial charge is 0.378 e. The third-order valence-electron chi connectivity index (χ3n) is 5.78. The van der Waals surface area contributed by atoms with E-state index < -0.39 is 0 Å². The molecule has 24 heavy (non-hydrogen) atoms. The number of anilines is 1. The van der Waals surface area contributed by atoms with Crippen LogP contribution in [0.3, 0.4) is 0 Å². The monoisotopic (exact) mass is 330 g/mol. The Labute approximate surface area is 143 Å². The molecule has 0 aliphatic carbocycles. The predicted molar refractivity (Wildman–Crippen MR) is 92.7 cm³/mol. The molecule has 3 aliphatic heterocycles. The van der Waals surface area contributed by atoms with E-state index in [9.17, 15) is 4.79 Å². The van der Waals surface area contributed by atoms with Gasteiger partial charge in [-0.1, -0.05) is 0 Å². The lowest BCUT2D eigenvalue weighted by Gasteiger charge is -2.46. The van der Waals surface area contributed by atoms with Gasteiger partial charge in [0.25, 0.3) is 0 Å². The Bertz CT molecular complexity index is 569. The highest BCUT2D eigenvalue weighted by molar-refractivity contribution is 5.98. The Balaban J connectivity index is 1.44. The molecule has 130 valence electrons. The SMILES string of the molecule is CN1C2COCC1CC(C(=O)c1ccc(N3CCOCC3)cc1)C2. The number of Topliss-reactive ketones (excluding diaryl/α,β-unsaturated/α-hetero) is 1. The second-order valence-electron chi connectivity index (χ2n) is 7.19. The van der Waals surface area contributed by atoms with Gasteiger partial charge >= 0.3 is 0 Å². The number of hydrogen-bond acceptors (Lipinski definition) is 5. The molecule has 0 saturated carbocycles. The molecule has 2 bridgehead atoms. The minimum absolute atomic E-state index is 0.134. The van der Waals surface area contributed by atoms with Gasteiger partial charge in [0.05, 0.1) is 26.4 Å². The van der Waals surface area contributed by atoms with Crippen molar-refractivity contribution >= 4 is 11.5 Å². The van der Waals surface area contributed by atoms with Gasteiger partial charge in [-0.3, -0.25) is 9.69 Å². The van der Waals surface area contributed by atoms with E-state index in [4.69, 9.17) is 9.47 Å². The van der Waals surface area contributed by atoms with Gasteiger partial charge in [0.1, 0.15) is 0 Å². The first-order valence-electron chi connectivity index (χ1n) is 8.99. The van der Waals surface area contributed by atoms with Crippen molar-refractivity contribution in [2.24, 2.45) is 5.92 Å². The summed E-state index contributed by atoms with van der Waals surface area (Å²) in [4.78, 5) is 17.6. The van der Waals surface area contributed by atoms with Gasteiger partial charge in [0.2, 0.25) is 0 Å². The molecule has 0 N–H and O–H groups in total. The molecule has 2 atom stereocenters. The standard InChI is InChI=1S/C19H26N2O3/c1-20-17-10-15(11-18(20)13-24-12-17)19(22)14-2-4-16(5-3-14)21-6-8-23-9-7-21/h2-5,15,17-18H,6-13H2,1H3. The summed E-state index contributed by atoms with van der Waals surface area (Å²) < 4.78 is 11.1. The van der Waals surface area contributed by atoms with Crippen molar-refractivity contribution in [2.75, 3.05) is 51.5 Å². The molecule has 5 nitrogen and oxygen atoms in total. The molecule has 0 radical (unpaired) electrons. The number of ketones is 1. The fourth-order valence-corrected chi connectivity index (χ4v) is 4.20. The number of piperidine rings is 1. The zero-order valence-corrected chi connectivity index (χ0v) is 14.3. The molecule has 5 heteroatoms. The van der Waals surface area contributed by atoms with Gasteiger partial charge in [-0.2, -0.15) is 0 Å². The Hall–Kier alpha value is -1.43. The number of fused-ring (bicyclic) bond motifs is 2. The van der Waals surface area contributed by atoms with E-state index >= 15 is 0 Å². The summed E-state index contributed by atoms with van der Waals surface area (Å²) >= 11 is 0. The van der Waals surface area contributed by atoms with E-state index in [1.165, 1.54) is 5.69 Å². The van der Waals surface area contributed by atoms with Crippen LogP contribution in [-0.4, -0.2) is 69.3 Å². The molecule has 3 saturated heterocycles. The normalized spacial score (nSPS) is 31.0. The van der Waals surface area contributed by atoms with Crippen LogP contribution < -0.4 is 4.90 Å². The van der Waals surface area contributed by atoms with Gasteiger partial charge in [-0.05, 0) is 44.2 Å². The average Bonchev–Trinajstić information content (AvgIpc) is 2.62. The van der Waals surface area contributed by atoms with Crippen LogP contribution in [0.2, 0.25) is 0 Å². The van der Waals surface area contributed by atoms with Crippen molar-refractivity contribution < 1.29 is 14.3 Å². The maximum absolute atomic E-state index is 12.9. The molecule has 3 heterocycles. The van der Waals surface area contributed by atoms with Gasteiger partial charge < -0.3 is 14.4 Å². The quantitative estimate of drug-likeness (QED) is 0.791. The number of morpholine rings is 2. The molecule has 0 aromatic heterocycles. The molecule has 1 aromatic rings. The number of carbonyl (C=O) groups is 1. The summed E-state index contributed by atoms with van der Waals surface area (Å²) in [5, 5.41) is 0. The van der Waals surface area contributed by atoms with E-state index in [2.05, 4.69) is 29.0 Å². The second-order valence-corrected chi connectivity index (χ2v) is 7.19. The van der Waals surface area contributed by atoms with Gasteiger partial charge in [-0.15, -0.1) is 0 Å². The van der Waals surface area contributed by atoms with Gasteiger partial charge in [0.15, 0.2) is 5.78 Å². The third kappa shape index (κ3) is 3.08. The van der Waals surface area contributed by atoms with Crippen LogP contribution in [0.4, 0.5) is 5.69 Å². The first-order chi connectivity index (χ1) is 11.7. The third-order valence-corrected chi connectivity index (χ3v) is 5.78. The highest BCUT2D eigenvalue weighted by atomic mass is 16.5. The number of ether oxygens (including phenoxy) is 2. The van der Waals surface area contributed by atoms with Crippen molar-refractivity contribution in [3.8, 4) is 0 Å². The summed E-state index contributed by atoms with van der Waals surface area (Å²) in [5.41, 5.74) is 2.03. The number of benzene rings is 1. The number of rotatable bonds is 3. The Morgan fingerprint density at radius 2 is 1.62 bits per heavy atom. The second kappa shape index (κ2) is 6.82. The molecule has 3 aliphatic rings. The molecular formula is C19H26N2O3. The number of hydrogen-bond donors (Lipinski definition) is 0. The molecule has 0 amide bonds. The van der Waals surface area contributed by atoms with Crippen molar-refractivity contribution in [1.29, 1.82) is 0 Å². The topological polar surface area (TPSA) is 42.0 Å². The minimum atomic E-state index is 0.134. The van der Waals surface area contributed by atoms with Gasteiger partial charge in [0, 0.05) is 42.3 Å². The van der Waals surface area contributed by atoms with Crippen LogP contribution in [0.5, 0.6) is 0 Å². The Morgan fingerprint density at radius 3 is 2.25 bits per heavy atom. The summed E-state index contributed by atoms with van der Waals surface area (Å²) in [5.74, 6) is 0.433. The average molecular weight is 330 g/mol. The van der Waals surface area contributed by atoms with E-state index in [-0.39, 0.29) is 5.92 Å². The van der Waals surface area contributed by atoms with E-state index in [0.717, 1.165) is 57.9 Å². The van der Waals surface area contributed by atoms with Crippen molar-refractivity contribution in [3.63, 3.8) is 0 Å². The van der Waals surface area contributed by atoms with Crippen molar-refractivity contribution in [1.82, 2.24) is 4.90 Å². The maximum Gasteiger partial charge on any atom is 0.166 e. The Kier molecular flexibility index (Phi) is 4.57. The smallest absolute Gasteiger partial charge is 0.166 e. The van der Waals surface area contributed by atoms with Crippen molar-refractivity contribution in [2.45, 2.75) is 24.9 Å². The van der Waals surface area contributed by atoms with Gasteiger partial charge in [-0.25, -0.2) is 0 Å². The van der Waals surface area contributed by atoms with E-state index in [1.54, 1.807) is 0 Å². The summed E-state index contributed by atoms with van der Waals surface area (Å²) in [6.45, 7) is 4.92. The zero-order valence-electron chi connectivity index (χ0n) is 14.3. The van der Waals surface area contributed by atoms with E-state index in [1.807, 2.05) is 12.1 Å². The lowest BCUT2D eigenvalue weighted by atomic mass is 9.81. The van der Waals surface area contributed by atoms with Crippen LogP contribution in [0.1, 0.15) is 23.2 Å². The number of likely N-dealkylation sites (N-methyl/N-ethyl adjacent to an activating group) is 1.